The molecule has 2 aromatic rings. The van der Waals surface area contributed by atoms with Crippen LogP contribution >= 0.6 is 23.4 Å². The van der Waals surface area contributed by atoms with Crippen LogP contribution in [0.3, 0.4) is 0 Å². The van der Waals surface area contributed by atoms with E-state index in [1.165, 1.54) is 11.8 Å². The van der Waals surface area contributed by atoms with Gasteiger partial charge >= 0.3 is 0 Å². The van der Waals surface area contributed by atoms with Gasteiger partial charge in [0.05, 0.1) is 11.6 Å². The van der Waals surface area contributed by atoms with E-state index in [0.29, 0.717) is 11.3 Å². The molecule has 2 aromatic carbocycles. The third-order valence-corrected chi connectivity index (χ3v) is 3.88. The number of benzene rings is 2. The third-order valence-electron chi connectivity index (χ3n) is 2.53. The molecular formula is C14H12ClFOS. The van der Waals surface area contributed by atoms with E-state index in [-0.39, 0.29) is 17.4 Å². The molecule has 1 N–H and O–H groups in total. The number of thioether (sulfide) groups is 1. The summed E-state index contributed by atoms with van der Waals surface area (Å²) in [4.78, 5) is 1.03. The maximum atomic E-state index is 13.6. The van der Waals surface area contributed by atoms with Gasteiger partial charge in [0, 0.05) is 10.6 Å². The molecule has 0 spiro atoms. The first-order valence-electron chi connectivity index (χ1n) is 5.46. The molecule has 0 saturated heterocycles. The Hall–Kier alpha value is -1.03. The average molecular weight is 283 g/mol. The molecule has 18 heavy (non-hydrogen) atoms. The lowest BCUT2D eigenvalue weighted by molar-refractivity contribution is 0.282. The molecule has 4 heteroatoms. The summed E-state index contributed by atoms with van der Waals surface area (Å²) < 4.78 is 13.6. The maximum absolute atomic E-state index is 13.6. The van der Waals surface area contributed by atoms with E-state index >= 15 is 0 Å². The van der Waals surface area contributed by atoms with E-state index in [4.69, 9.17) is 16.7 Å². The summed E-state index contributed by atoms with van der Waals surface area (Å²) in [5.74, 6) is 0.184. The van der Waals surface area contributed by atoms with Crippen LogP contribution in [0.25, 0.3) is 0 Å². The summed E-state index contributed by atoms with van der Waals surface area (Å²) in [6.45, 7) is 0.0356. The first-order chi connectivity index (χ1) is 8.70. The molecule has 0 aromatic heterocycles. The van der Waals surface area contributed by atoms with Crippen molar-refractivity contribution in [3.63, 3.8) is 0 Å². The number of hydrogen-bond acceptors (Lipinski definition) is 2. The van der Waals surface area contributed by atoms with Gasteiger partial charge in [-0.1, -0.05) is 35.9 Å². The second-order valence-corrected chi connectivity index (χ2v) is 5.26. The SMILES string of the molecule is OCc1ccc(SCc2cccc(Cl)c2F)cc1. The van der Waals surface area contributed by atoms with Gasteiger partial charge in [-0.25, -0.2) is 4.39 Å². The lowest BCUT2D eigenvalue weighted by Gasteiger charge is -2.05. The first-order valence-corrected chi connectivity index (χ1v) is 6.82. The van der Waals surface area contributed by atoms with Gasteiger partial charge in [0.15, 0.2) is 0 Å². The van der Waals surface area contributed by atoms with Crippen molar-refractivity contribution in [2.24, 2.45) is 0 Å². The van der Waals surface area contributed by atoms with E-state index < -0.39 is 0 Å². The van der Waals surface area contributed by atoms with Gasteiger partial charge in [-0.05, 0) is 29.3 Å². The van der Waals surface area contributed by atoms with Crippen LogP contribution in [0.2, 0.25) is 5.02 Å². The molecule has 94 valence electrons. The number of hydrogen-bond donors (Lipinski definition) is 1. The second kappa shape index (κ2) is 6.23. The van der Waals surface area contributed by atoms with Crippen LogP contribution in [-0.2, 0) is 12.4 Å². The highest BCUT2D eigenvalue weighted by Crippen LogP contribution is 2.26. The summed E-state index contributed by atoms with van der Waals surface area (Å²) >= 11 is 7.26. The molecule has 0 amide bonds. The highest BCUT2D eigenvalue weighted by atomic mass is 35.5. The zero-order valence-corrected chi connectivity index (χ0v) is 11.1. The van der Waals surface area contributed by atoms with Gasteiger partial charge in [0.2, 0.25) is 0 Å². The minimum Gasteiger partial charge on any atom is -0.392 e. The van der Waals surface area contributed by atoms with Gasteiger partial charge < -0.3 is 5.11 Å². The molecule has 0 atom stereocenters. The molecule has 1 nitrogen and oxygen atoms in total. The molecule has 0 heterocycles. The molecular weight excluding hydrogens is 271 g/mol. The van der Waals surface area contributed by atoms with Gasteiger partial charge in [0.25, 0.3) is 0 Å². The minimum absolute atomic E-state index is 0.0356. The summed E-state index contributed by atoms with van der Waals surface area (Å²) in [5, 5.41) is 9.09. The molecule has 0 radical (unpaired) electrons. The Morgan fingerprint density at radius 1 is 1.11 bits per heavy atom. The zero-order valence-electron chi connectivity index (χ0n) is 9.57. The van der Waals surface area contributed by atoms with Crippen molar-refractivity contribution in [1.82, 2.24) is 0 Å². The predicted octanol–water partition coefficient (Wildman–Crippen LogP) is 4.26. The smallest absolute Gasteiger partial charge is 0.145 e. The molecule has 0 saturated carbocycles. The van der Waals surface area contributed by atoms with Gasteiger partial charge in [-0.15, -0.1) is 11.8 Å². The Kier molecular flexibility index (Phi) is 4.64. The fraction of sp³-hybridized carbons (Fsp3) is 0.143. The molecule has 0 fully saturated rings. The molecule has 0 unspecified atom stereocenters. The van der Waals surface area contributed by atoms with Crippen molar-refractivity contribution >= 4 is 23.4 Å². The van der Waals surface area contributed by atoms with Crippen molar-refractivity contribution in [3.8, 4) is 0 Å². The Bertz CT molecular complexity index is 528. The van der Waals surface area contributed by atoms with E-state index in [9.17, 15) is 4.39 Å². The quantitative estimate of drug-likeness (QED) is 0.846. The summed E-state index contributed by atoms with van der Waals surface area (Å²) in [6.07, 6.45) is 0. The molecule has 2 rings (SSSR count). The van der Waals surface area contributed by atoms with Crippen LogP contribution in [0.5, 0.6) is 0 Å². The number of aliphatic hydroxyl groups is 1. The van der Waals surface area contributed by atoms with E-state index in [0.717, 1.165) is 10.5 Å². The van der Waals surface area contributed by atoms with E-state index in [1.807, 2.05) is 24.3 Å². The first kappa shape index (κ1) is 13.4. The van der Waals surface area contributed by atoms with Crippen molar-refractivity contribution in [1.29, 1.82) is 0 Å². The van der Waals surface area contributed by atoms with Crippen molar-refractivity contribution in [3.05, 3.63) is 64.4 Å². The number of halogens is 2. The van der Waals surface area contributed by atoms with Crippen molar-refractivity contribution < 1.29 is 9.50 Å². The Labute approximate surface area is 115 Å². The lowest BCUT2D eigenvalue weighted by atomic mass is 10.2. The summed E-state index contributed by atoms with van der Waals surface area (Å²) in [5.41, 5.74) is 1.46. The van der Waals surface area contributed by atoms with Gasteiger partial charge in [-0.3, -0.25) is 0 Å². The van der Waals surface area contributed by atoms with E-state index in [1.54, 1.807) is 18.2 Å². The van der Waals surface area contributed by atoms with E-state index in [2.05, 4.69) is 0 Å². The molecule has 0 bridgehead atoms. The number of aliphatic hydroxyl groups excluding tert-OH is 1. The fourth-order valence-corrected chi connectivity index (χ4v) is 2.58. The zero-order chi connectivity index (χ0) is 13.0. The lowest BCUT2D eigenvalue weighted by Crippen LogP contribution is -1.88. The van der Waals surface area contributed by atoms with Gasteiger partial charge in [0.1, 0.15) is 5.82 Å². The normalized spacial score (nSPS) is 10.6. The Balaban J connectivity index is 2.04. The fourth-order valence-electron chi connectivity index (χ4n) is 1.51. The van der Waals surface area contributed by atoms with Crippen LogP contribution < -0.4 is 0 Å². The standard InChI is InChI=1S/C14H12ClFOS/c15-13-3-1-2-11(14(13)16)9-18-12-6-4-10(8-17)5-7-12/h1-7,17H,8-9H2. The largest absolute Gasteiger partial charge is 0.392 e. The summed E-state index contributed by atoms with van der Waals surface area (Å²) in [7, 11) is 0. The monoisotopic (exact) mass is 282 g/mol. The molecule has 0 aliphatic heterocycles. The molecule has 0 aliphatic carbocycles. The maximum Gasteiger partial charge on any atom is 0.145 e. The van der Waals surface area contributed by atoms with Crippen LogP contribution in [0, 0.1) is 5.82 Å². The second-order valence-electron chi connectivity index (χ2n) is 3.80. The van der Waals surface area contributed by atoms with Gasteiger partial charge in [-0.2, -0.15) is 0 Å². The Morgan fingerprint density at radius 3 is 2.50 bits per heavy atom. The average Bonchev–Trinajstić information content (AvgIpc) is 2.41. The Morgan fingerprint density at radius 2 is 1.83 bits per heavy atom. The third kappa shape index (κ3) is 3.25. The summed E-state index contributed by atoms with van der Waals surface area (Å²) in [6, 6.07) is 12.6. The van der Waals surface area contributed by atoms with Crippen LogP contribution in [0.1, 0.15) is 11.1 Å². The van der Waals surface area contributed by atoms with Crippen LogP contribution in [-0.4, -0.2) is 5.11 Å². The molecule has 0 aliphatic rings. The van der Waals surface area contributed by atoms with Crippen LogP contribution in [0.15, 0.2) is 47.4 Å². The van der Waals surface area contributed by atoms with Crippen molar-refractivity contribution in [2.45, 2.75) is 17.3 Å². The minimum atomic E-state index is -0.348. The predicted molar refractivity (Wildman–Crippen MR) is 73.3 cm³/mol. The van der Waals surface area contributed by atoms with Crippen molar-refractivity contribution in [2.75, 3.05) is 0 Å². The topological polar surface area (TPSA) is 20.2 Å². The number of rotatable bonds is 4. The highest BCUT2D eigenvalue weighted by Gasteiger charge is 2.06. The van der Waals surface area contributed by atoms with Crippen LogP contribution in [0.4, 0.5) is 4.39 Å². The highest BCUT2D eigenvalue weighted by molar-refractivity contribution is 7.98.